The number of benzene rings is 2. The van der Waals surface area contributed by atoms with Crippen molar-refractivity contribution in [3.05, 3.63) is 105 Å². The minimum absolute atomic E-state index is 0.0320. The fraction of sp³-hybridized carbons (Fsp3) is 0.400. The van der Waals surface area contributed by atoms with Crippen LogP contribution in [0, 0.1) is 17.2 Å². The lowest BCUT2D eigenvalue weighted by molar-refractivity contribution is -0.137. The number of aromatic nitrogens is 3. The van der Waals surface area contributed by atoms with Crippen molar-refractivity contribution in [2.75, 3.05) is 73.7 Å². The first-order valence-corrected chi connectivity index (χ1v) is 19.1. The zero-order valence-corrected chi connectivity index (χ0v) is 32.4. The molecule has 0 saturated carbocycles. The standard InChI is InChI=1S/C40H42F3N9O4S/c1-39(2)36(54)51(30-4-3-28(23-44)34(22-30)40(41,42)43)38(57)52(39)29-5-7-33(8-6-29)56-20-19-47-15-17-48(18-16-47)26-27-9-12-49(13-10-27)31-21-32(25-45-24-31)50-14-11-35(53)46-37(50)55/h3-8,11,14,21-22,24-25,27H,9-10,12-13,15-20,26H2,1-2H3,(H,46,53,55). The van der Waals surface area contributed by atoms with Gasteiger partial charge in [-0.3, -0.25) is 33.9 Å². The van der Waals surface area contributed by atoms with E-state index in [0.29, 0.717) is 29.6 Å². The number of hydrogen-bond acceptors (Lipinski definition) is 10. The lowest BCUT2D eigenvalue weighted by Gasteiger charge is -2.39. The maximum absolute atomic E-state index is 13.7. The highest BCUT2D eigenvalue weighted by atomic mass is 32.1. The predicted octanol–water partition coefficient (Wildman–Crippen LogP) is 4.64. The van der Waals surface area contributed by atoms with Gasteiger partial charge in [-0.1, -0.05) is 0 Å². The van der Waals surface area contributed by atoms with Gasteiger partial charge in [-0.2, -0.15) is 18.4 Å². The van der Waals surface area contributed by atoms with Crippen molar-refractivity contribution in [1.29, 1.82) is 5.26 Å². The van der Waals surface area contributed by atoms with Gasteiger partial charge in [-0.15, -0.1) is 0 Å². The lowest BCUT2D eigenvalue weighted by atomic mass is 9.95. The summed E-state index contributed by atoms with van der Waals surface area (Å²) in [4.78, 5) is 53.8. The van der Waals surface area contributed by atoms with E-state index >= 15 is 0 Å². The molecule has 13 nitrogen and oxygen atoms in total. The zero-order valence-electron chi connectivity index (χ0n) is 31.5. The number of carbonyl (C=O) groups is 1. The molecule has 298 valence electrons. The van der Waals surface area contributed by atoms with Crippen molar-refractivity contribution in [2.45, 2.75) is 38.4 Å². The minimum Gasteiger partial charge on any atom is -0.492 e. The third-order valence-corrected chi connectivity index (χ3v) is 11.3. The molecule has 0 unspecified atom stereocenters. The molecule has 1 N–H and O–H groups in total. The Morgan fingerprint density at radius 3 is 2.23 bits per heavy atom. The highest BCUT2D eigenvalue weighted by Crippen LogP contribution is 2.40. The molecule has 0 atom stereocenters. The number of rotatable bonds is 10. The van der Waals surface area contributed by atoms with Crippen LogP contribution < -0.4 is 30.7 Å². The smallest absolute Gasteiger partial charge is 0.417 e. The van der Waals surface area contributed by atoms with E-state index in [0.717, 1.165) is 87.9 Å². The number of carbonyl (C=O) groups excluding carboxylic acids is 1. The van der Waals surface area contributed by atoms with Gasteiger partial charge >= 0.3 is 11.9 Å². The summed E-state index contributed by atoms with van der Waals surface area (Å²) in [6.07, 6.45) is 2.22. The van der Waals surface area contributed by atoms with Gasteiger partial charge in [-0.25, -0.2) is 4.79 Å². The molecular formula is C40H42F3N9O4S. The zero-order chi connectivity index (χ0) is 40.5. The van der Waals surface area contributed by atoms with Gasteiger partial charge in [0.15, 0.2) is 5.11 Å². The molecule has 3 saturated heterocycles. The number of nitriles is 1. The van der Waals surface area contributed by atoms with Crippen LogP contribution in [-0.4, -0.2) is 99.9 Å². The second kappa shape index (κ2) is 16.1. The summed E-state index contributed by atoms with van der Waals surface area (Å²) in [5.41, 5.74) is -1.70. The van der Waals surface area contributed by atoms with Crippen LogP contribution in [0.4, 0.5) is 30.2 Å². The summed E-state index contributed by atoms with van der Waals surface area (Å²) >= 11 is 5.65. The number of amides is 1. The molecule has 3 fully saturated rings. The van der Waals surface area contributed by atoms with Crippen molar-refractivity contribution < 1.29 is 22.7 Å². The van der Waals surface area contributed by atoms with E-state index in [9.17, 15) is 32.8 Å². The Balaban J connectivity index is 0.858. The highest BCUT2D eigenvalue weighted by molar-refractivity contribution is 7.81. The van der Waals surface area contributed by atoms with Crippen molar-refractivity contribution in [2.24, 2.45) is 5.92 Å². The maximum Gasteiger partial charge on any atom is 0.417 e. The van der Waals surface area contributed by atoms with Crippen LogP contribution in [-0.2, 0) is 11.0 Å². The predicted molar refractivity (Wildman–Crippen MR) is 213 cm³/mol. The first kappa shape index (κ1) is 39.7. The number of H-pyrrole nitrogens is 1. The van der Waals surface area contributed by atoms with Crippen LogP contribution in [0.2, 0.25) is 0 Å². The Morgan fingerprint density at radius 2 is 1.56 bits per heavy atom. The summed E-state index contributed by atoms with van der Waals surface area (Å²) in [7, 11) is 0. The Morgan fingerprint density at radius 1 is 0.895 bits per heavy atom. The SMILES string of the molecule is CC1(C)C(=O)N(c2ccc(C#N)c(C(F)(F)F)c2)C(=S)N1c1ccc(OCCN2CCN(CC3CCN(c4cncc(-n5ccc(=O)[nH]c5=O)c4)CC3)CC2)cc1. The molecule has 3 aliphatic rings. The molecule has 5 heterocycles. The molecule has 0 bridgehead atoms. The van der Waals surface area contributed by atoms with E-state index in [4.69, 9.17) is 17.0 Å². The number of nitrogens with zero attached hydrogens (tertiary/aromatic N) is 8. The number of hydrogen-bond donors (Lipinski definition) is 1. The van der Waals surface area contributed by atoms with Crippen LogP contribution in [0.1, 0.15) is 37.8 Å². The van der Waals surface area contributed by atoms with Crippen LogP contribution in [0.15, 0.2) is 82.8 Å². The van der Waals surface area contributed by atoms with Gasteiger partial charge in [0.1, 0.15) is 17.9 Å². The van der Waals surface area contributed by atoms with Gasteiger partial charge in [-0.05, 0) is 93.4 Å². The average Bonchev–Trinajstić information content (AvgIpc) is 3.37. The van der Waals surface area contributed by atoms with Gasteiger partial charge in [0, 0.05) is 70.3 Å². The molecule has 7 rings (SSSR count). The molecule has 4 aromatic rings. The quantitative estimate of drug-likeness (QED) is 0.225. The summed E-state index contributed by atoms with van der Waals surface area (Å²) < 4.78 is 48.5. The van der Waals surface area contributed by atoms with E-state index in [1.54, 1.807) is 55.3 Å². The third kappa shape index (κ3) is 8.43. The van der Waals surface area contributed by atoms with Crippen LogP contribution in [0.3, 0.4) is 0 Å². The van der Waals surface area contributed by atoms with Gasteiger partial charge in [0.2, 0.25) is 0 Å². The number of ether oxygens (including phenoxy) is 1. The highest BCUT2D eigenvalue weighted by Gasteiger charge is 2.50. The summed E-state index contributed by atoms with van der Waals surface area (Å²) in [5, 5.41) is 9.23. The summed E-state index contributed by atoms with van der Waals surface area (Å²) in [6.45, 7) is 11.3. The molecule has 0 radical (unpaired) electrons. The van der Waals surface area contributed by atoms with E-state index in [1.165, 1.54) is 22.9 Å². The number of piperidine rings is 1. The molecule has 0 aliphatic carbocycles. The molecule has 1 amide bonds. The number of alkyl halides is 3. The topological polar surface area (TPSA) is 134 Å². The fourth-order valence-electron chi connectivity index (χ4n) is 7.72. The monoisotopic (exact) mass is 801 g/mol. The Labute approximate surface area is 332 Å². The minimum atomic E-state index is -4.78. The van der Waals surface area contributed by atoms with Crippen molar-refractivity contribution >= 4 is 40.3 Å². The lowest BCUT2D eigenvalue weighted by Crippen LogP contribution is -2.49. The molecule has 0 spiro atoms. The number of piperazine rings is 1. The second-order valence-electron chi connectivity index (χ2n) is 15.0. The number of nitrogens with one attached hydrogen (secondary N) is 1. The molecule has 2 aromatic carbocycles. The first-order chi connectivity index (χ1) is 27.2. The van der Waals surface area contributed by atoms with E-state index in [-0.39, 0.29) is 10.8 Å². The van der Waals surface area contributed by atoms with E-state index in [2.05, 4.69) is 24.7 Å². The number of anilines is 3. The Bertz CT molecular complexity index is 2290. The largest absolute Gasteiger partial charge is 0.492 e. The second-order valence-corrected chi connectivity index (χ2v) is 15.3. The number of aromatic amines is 1. The molecule has 2 aromatic heterocycles. The number of pyridine rings is 1. The van der Waals surface area contributed by atoms with E-state index in [1.807, 2.05) is 12.3 Å². The maximum atomic E-state index is 13.7. The van der Waals surface area contributed by atoms with Crippen molar-refractivity contribution in [1.82, 2.24) is 24.3 Å². The normalized spacial score (nSPS) is 18.3. The molecule has 3 aliphatic heterocycles. The molecule has 57 heavy (non-hydrogen) atoms. The van der Waals surface area contributed by atoms with Crippen molar-refractivity contribution in [3.63, 3.8) is 0 Å². The van der Waals surface area contributed by atoms with Crippen molar-refractivity contribution in [3.8, 4) is 17.5 Å². The third-order valence-electron chi connectivity index (χ3n) is 10.9. The van der Waals surface area contributed by atoms with Gasteiger partial charge < -0.3 is 19.4 Å². The summed E-state index contributed by atoms with van der Waals surface area (Å²) in [6, 6.07) is 15.1. The Hall–Kier alpha value is -5.57. The van der Waals surface area contributed by atoms with Crippen LogP contribution in [0.5, 0.6) is 5.75 Å². The Kier molecular flexibility index (Phi) is 11.2. The number of halogens is 3. The first-order valence-electron chi connectivity index (χ1n) is 18.7. The summed E-state index contributed by atoms with van der Waals surface area (Å²) in [5.74, 6) is 0.749. The van der Waals surface area contributed by atoms with Crippen LogP contribution in [0.25, 0.3) is 5.69 Å². The van der Waals surface area contributed by atoms with E-state index < -0.39 is 40.0 Å². The van der Waals surface area contributed by atoms with Crippen LogP contribution >= 0.6 is 12.2 Å². The molecule has 17 heteroatoms. The number of thiocarbonyl (C=S) groups is 1. The average molecular weight is 802 g/mol. The fourth-order valence-corrected chi connectivity index (χ4v) is 8.24. The molecular weight excluding hydrogens is 760 g/mol. The van der Waals surface area contributed by atoms with Gasteiger partial charge in [0.05, 0.1) is 46.7 Å². The van der Waals surface area contributed by atoms with Gasteiger partial charge in [0.25, 0.3) is 11.5 Å².